The molecule has 0 radical (unpaired) electrons. The number of hydrogen-bond donors (Lipinski definition) is 5. The van der Waals surface area contributed by atoms with Crippen molar-refractivity contribution in [2.24, 2.45) is 11.5 Å². The van der Waals surface area contributed by atoms with Crippen LogP contribution in [0.1, 0.15) is 75.2 Å². The lowest BCUT2D eigenvalue weighted by Gasteiger charge is -2.29. The average Bonchev–Trinajstić information content (AvgIpc) is 3.59. The molecule has 50 heavy (non-hydrogen) atoms. The highest BCUT2D eigenvalue weighted by molar-refractivity contribution is 6.04. The third-order valence-corrected chi connectivity index (χ3v) is 8.70. The maximum atomic E-state index is 14.1. The second-order valence-electron chi connectivity index (χ2n) is 12.7. The molecule has 2 aromatic carbocycles. The second-order valence-corrected chi connectivity index (χ2v) is 12.7. The van der Waals surface area contributed by atoms with Gasteiger partial charge in [-0.1, -0.05) is 24.8 Å². The zero-order valence-electron chi connectivity index (χ0n) is 29.1. The third kappa shape index (κ3) is 8.93. The number of unbranched alkanes of at least 4 members (excludes halogenated alkanes) is 1. The van der Waals surface area contributed by atoms with E-state index in [1.165, 1.54) is 4.90 Å². The van der Waals surface area contributed by atoms with Crippen molar-refractivity contribution in [1.29, 1.82) is 0 Å². The molecule has 1 aromatic heterocycles. The fourth-order valence-electron chi connectivity index (χ4n) is 6.11. The first-order valence-electron chi connectivity index (χ1n) is 17.0. The molecule has 0 bridgehead atoms. The molecular weight excluding hydrogens is 636 g/mol. The highest BCUT2D eigenvalue weighted by atomic mass is 16.5. The van der Waals surface area contributed by atoms with E-state index in [4.69, 9.17) is 16.2 Å². The standard InChI is InChI=1S/C38H48N6O6/c1-23(2)28-22-41-29-12-6-5-11-26(29)33(28)27-21-25(15-16-32(27)50-20-10-18-40)35(45)42-30(13-7-8-17-39)37(47)44-19-9-14-31(44)36(46)43-34(24(3)4)38(48)49/h5-6,11-12,15-16,21-22,30-31H,1,7-10,13-14,17-20,39-40H2,2-4H3,(H,42,45)(H,43,46)(H,48,49)/t30-,31-/m0/s1. The summed E-state index contributed by atoms with van der Waals surface area (Å²) in [7, 11) is 0. The zero-order chi connectivity index (χ0) is 36.4. The van der Waals surface area contributed by atoms with Crippen LogP contribution in [0.4, 0.5) is 0 Å². The van der Waals surface area contributed by atoms with E-state index in [0.29, 0.717) is 87.2 Å². The molecule has 7 N–H and O–H groups in total. The van der Waals surface area contributed by atoms with Gasteiger partial charge in [-0.05, 0) is 108 Å². The van der Waals surface area contributed by atoms with Gasteiger partial charge in [0.05, 0.1) is 12.1 Å². The number of fused-ring (bicyclic) bond motifs is 1. The van der Waals surface area contributed by atoms with E-state index in [9.17, 15) is 24.3 Å². The number of nitrogens with zero attached hydrogens (tertiary/aromatic N) is 2. The van der Waals surface area contributed by atoms with Gasteiger partial charge in [-0.15, -0.1) is 0 Å². The van der Waals surface area contributed by atoms with Crippen LogP contribution in [-0.4, -0.2) is 77.0 Å². The number of ether oxygens (including phenoxy) is 1. The van der Waals surface area contributed by atoms with Gasteiger partial charge in [0.25, 0.3) is 5.91 Å². The number of carbonyl (C=O) groups excluding carboxylic acids is 3. The van der Waals surface area contributed by atoms with E-state index in [-0.39, 0.29) is 5.70 Å². The monoisotopic (exact) mass is 684 g/mol. The second kappa shape index (κ2) is 17.5. The zero-order valence-corrected chi connectivity index (χ0v) is 29.1. The van der Waals surface area contributed by atoms with Crippen LogP contribution >= 0.6 is 0 Å². The van der Waals surface area contributed by atoms with Crippen molar-refractivity contribution in [3.05, 3.63) is 77.6 Å². The Morgan fingerprint density at radius 1 is 1.06 bits per heavy atom. The summed E-state index contributed by atoms with van der Waals surface area (Å²) in [6.45, 7) is 10.8. The summed E-state index contributed by atoms with van der Waals surface area (Å²) in [4.78, 5) is 59.1. The van der Waals surface area contributed by atoms with Crippen LogP contribution in [0, 0.1) is 0 Å². The summed E-state index contributed by atoms with van der Waals surface area (Å²) < 4.78 is 6.18. The van der Waals surface area contributed by atoms with Gasteiger partial charge in [-0.2, -0.15) is 0 Å². The number of aromatic nitrogens is 1. The van der Waals surface area contributed by atoms with Crippen LogP contribution in [0.3, 0.4) is 0 Å². The Labute approximate surface area is 292 Å². The molecule has 3 amide bonds. The molecule has 0 saturated carbocycles. The SMILES string of the molecule is C=C(C)c1cnc2ccccc2c1-c1cc(C(=O)N[C@@H](CCCCN)C(=O)N2CCC[C@H]2C(=O)NC(C(=O)O)=C(C)C)ccc1OCCCN. The van der Waals surface area contributed by atoms with Crippen molar-refractivity contribution in [1.82, 2.24) is 20.5 Å². The molecule has 4 rings (SSSR count). The topological polar surface area (TPSA) is 190 Å². The molecular formula is C38H48N6O6. The molecule has 12 nitrogen and oxygen atoms in total. The van der Waals surface area contributed by atoms with Crippen LogP contribution in [0.15, 0.2) is 66.5 Å². The summed E-state index contributed by atoms with van der Waals surface area (Å²) in [5.74, 6) is -2.15. The minimum atomic E-state index is -1.26. The van der Waals surface area contributed by atoms with E-state index >= 15 is 0 Å². The van der Waals surface area contributed by atoms with Crippen LogP contribution in [0.5, 0.6) is 5.75 Å². The molecule has 0 unspecified atom stereocenters. The van der Waals surface area contributed by atoms with Gasteiger partial charge in [0.1, 0.15) is 23.5 Å². The van der Waals surface area contributed by atoms with E-state index in [2.05, 4.69) is 22.2 Å². The minimum absolute atomic E-state index is 0.217. The van der Waals surface area contributed by atoms with Crippen molar-refractivity contribution in [3.63, 3.8) is 0 Å². The number of carbonyl (C=O) groups is 4. The number of pyridine rings is 1. The van der Waals surface area contributed by atoms with Gasteiger partial charge < -0.3 is 36.8 Å². The number of allylic oxidation sites excluding steroid dienone is 2. The van der Waals surface area contributed by atoms with Crippen LogP contribution in [0.2, 0.25) is 0 Å². The highest BCUT2D eigenvalue weighted by Crippen LogP contribution is 2.40. The number of amides is 3. The molecule has 266 valence electrons. The van der Waals surface area contributed by atoms with Gasteiger partial charge >= 0.3 is 5.97 Å². The van der Waals surface area contributed by atoms with Crippen LogP contribution < -0.4 is 26.8 Å². The number of hydrogen-bond acceptors (Lipinski definition) is 8. The lowest BCUT2D eigenvalue weighted by molar-refractivity contribution is -0.140. The summed E-state index contributed by atoms with van der Waals surface area (Å²) in [6.07, 6.45) is 4.86. The summed E-state index contributed by atoms with van der Waals surface area (Å²) >= 11 is 0. The van der Waals surface area contributed by atoms with Crippen molar-refractivity contribution in [3.8, 4) is 16.9 Å². The summed E-state index contributed by atoms with van der Waals surface area (Å²) in [6, 6.07) is 11.0. The van der Waals surface area contributed by atoms with Gasteiger partial charge in [0.15, 0.2) is 0 Å². The predicted octanol–water partition coefficient (Wildman–Crippen LogP) is 4.38. The van der Waals surface area contributed by atoms with Gasteiger partial charge in [-0.25, -0.2) is 4.79 Å². The third-order valence-electron chi connectivity index (χ3n) is 8.70. The smallest absolute Gasteiger partial charge is 0.352 e. The number of carboxylic acids is 1. The Morgan fingerprint density at radius 3 is 2.48 bits per heavy atom. The van der Waals surface area contributed by atoms with Gasteiger partial charge in [0, 0.05) is 40.4 Å². The molecule has 1 aliphatic rings. The number of aliphatic carboxylic acids is 1. The quantitative estimate of drug-likeness (QED) is 0.108. The number of benzene rings is 2. The Morgan fingerprint density at radius 2 is 1.80 bits per heavy atom. The number of nitrogens with one attached hydrogen (secondary N) is 2. The summed E-state index contributed by atoms with van der Waals surface area (Å²) in [5, 5.41) is 15.8. The number of para-hydroxylation sites is 1. The largest absolute Gasteiger partial charge is 0.493 e. The lowest BCUT2D eigenvalue weighted by Crippen LogP contribution is -2.53. The molecule has 3 aromatic rings. The fraction of sp³-hybridized carbons (Fsp3) is 0.395. The van der Waals surface area contributed by atoms with E-state index in [0.717, 1.165) is 27.6 Å². The predicted molar refractivity (Wildman–Crippen MR) is 194 cm³/mol. The Bertz CT molecular complexity index is 1780. The van der Waals surface area contributed by atoms with Gasteiger partial charge in [-0.3, -0.25) is 19.4 Å². The first-order chi connectivity index (χ1) is 24.0. The van der Waals surface area contributed by atoms with E-state index in [1.807, 2.05) is 31.2 Å². The molecule has 1 fully saturated rings. The Kier molecular flexibility index (Phi) is 13.2. The Hall–Kier alpha value is -5.07. The normalized spacial score (nSPS) is 14.6. The first kappa shape index (κ1) is 37.7. The summed E-state index contributed by atoms with van der Waals surface area (Å²) in [5.41, 5.74) is 15.8. The number of rotatable bonds is 16. The maximum Gasteiger partial charge on any atom is 0.352 e. The highest BCUT2D eigenvalue weighted by Gasteiger charge is 2.38. The van der Waals surface area contributed by atoms with Crippen LogP contribution in [0.25, 0.3) is 27.6 Å². The molecule has 2 heterocycles. The average molecular weight is 685 g/mol. The number of carboxylic acid groups (broad SMARTS) is 1. The van der Waals surface area contributed by atoms with Crippen molar-refractivity contribution < 1.29 is 29.0 Å². The van der Waals surface area contributed by atoms with E-state index < -0.39 is 35.8 Å². The molecule has 0 spiro atoms. The number of nitrogens with two attached hydrogens (primary N) is 2. The van der Waals surface area contributed by atoms with Gasteiger partial charge in [0.2, 0.25) is 11.8 Å². The molecule has 1 saturated heterocycles. The molecule has 1 aliphatic heterocycles. The van der Waals surface area contributed by atoms with Crippen LogP contribution in [-0.2, 0) is 14.4 Å². The van der Waals surface area contributed by atoms with E-state index in [1.54, 1.807) is 38.2 Å². The van der Waals surface area contributed by atoms with Crippen molar-refractivity contribution in [2.45, 2.75) is 71.4 Å². The first-order valence-corrected chi connectivity index (χ1v) is 17.0. The molecule has 0 aliphatic carbocycles. The molecule has 2 atom stereocenters. The fourth-order valence-corrected chi connectivity index (χ4v) is 6.11. The van der Waals surface area contributed by atoms with Crippen molar-refractivity contribution in [2.75, 3.05) is 26.2 Å². The lowest BCUT2D eigenvalue weighted by atomic mass is 9.91. The van der Waals surface area contributed by atoms with Crippen molar-refractivity contribution >= 4 is 40.2 Å². The maximum absolute atomic E-state index is 14.1. The minimum Gasteiger partial charge on any atom is -0.493 e. The Balaban J connectivity index is 1.70. The number of likely N-dealkylation sites (tertiary alicyclic amines) is 1. The molecule has 12 heteroatoms.